The number of β-amino-alcohol motifs (C(OH)–C–C–N with tert-alkyl or cyclic N) is 1. The number of aromatic nitrogens is 1. The van der Waals surface area contributed by atoms with Crippen LogP contribution in [0.2, 0.25) is 0 Å². The number of carboxylic acids is 1. The highest BCUT2D eigenvalue weighted by molar-refractivity contribution is 5.94. The molecule has 2 N–H and O–H groups in total. The molecule has 1 aliphatic rings. The summed E-state index contributed by atoms with van der Waals surface area (Å²) in [7, 11) is 3.77. The molecule has 0 aliphatic carbocycles. The Bertz CT molecular complexity index is 810. The van der Waals surface area contributed by atoms with Gasteiger partial charge in [-0.2, -0.15) is 0 Å². The van der Waals surface area contributed by atoms with E-state index < -0.39 is 11.6 Å². The molecule has 7 heteroatoms. The van der Waals surface area contributed by atoms with Crippen molar-refractivity contribution in [3.63, 3.8) is 0 Å². The van der Waals surface area contributed by atoms with Crippen molar-refractivity contribution in [2.45, 2.75) is 12.0 Å². The molecule has 3 rings (SSSR count). The Hall–Kier alpha value is -2.51. The molecular weight excluding hydrogens is 337 g/mol. The SMILES string of the molecule is CN(C)C[C@]1(O)CCN(c2nc(-c3ccc(F)cc3)ccc2C(=O)O)C1. The number of carboxylic acid groups (broad SMARTS) is 1. The Morgan fingerprint density at radius 1 is 1.27 bits per heavy atom. The van der Waals surface area contributed by atoms with Crippen LogP contribution in [0.3, 0.4) is 0 Å². The average Bonchev–Trinajstić information content (AvgIpc) is 2.96. The molecule has 1 saturated heterocycles. The summed E-state index contributed by atoms with van der Waals surface area (Å²) in [6, 6.07) is 9.01. The van der Waals surface area contributed by atoms with Crippen molar-refractivity contribution < 1.29 is 19.4 Å². The second kappa shape index (κ2) is 7.01. The largest absolute Gasteiger partial charge is 0.478 e. The lowest BCUT2D eigenvalue weighted by Gasteiger charge is -2.27. The summed E-state index contributed by atoms with van der Waals surface area (Å²) in [5.74, 6) is -1.08. The van der Waals surface area contributed by atoms with Gasteiger partial charge in [-0.1, -0.05) is 0 Å². The number of nitrogens with zero attached hydrogens (tertiary/aromatic N) is 3. The Labute approximate surface area is 151 Å². The number of hydrogen-bond acceptors (Lipinski definition) is 5. The normalized spacial score (nSPS) is 20.0. The summed E-state index contributed by atoms with van der Waals surface area (Å²) in [5.41, 5.74) is 0.442. The highest BCUT2D eigenvalue weighted by Gasteiger charge is 2.38. The number of hydrogen-bond donors (Lipinski definition) is 2. The predicted octanol–water partition coefficient (Wildman–Crippen LogP) is 2.09. The highest BCUT2D eigenvalue weighted by Crippen LogP contribution is 2.31. The third-order valence-electron chi connectivity index (χ3n) is 4.49. The highest BCUT2D eigenvalue weighted by atomic mass is 19.1. The summed E-state index contributed by atoms with van der Waals surface area (Å²) in [4.78, 5) is 19.9. The van der Waals surface area contributed by atoms with Crippen LogP contribution in [-0.4, -0.2) is 65.4 Å². The molecule has 26 heavy (non-hydrogen) atoms. The van der Waals surface area contributed by atoms with Gasteiger partial charge in [0.25, 0.3) is 0 Å². The Morgan fingerprint density at radius 2 is 1.96 bits per heavy atom. The minimum Gasteiger partial charge on any atom is -0.478 e. The summed E-state index contributed by atoms with van der Waals surface area (Å²) in [6.45, 7) is 1.32. The first kappa shape index (κ1) is 18.3. The van der Waals surface area contributed by atoms with E-state index in [0.29, 0.717) is 43.1 Å². The van der Waals surface area contributed by atoms with Crippen molar-refractivity contribution >= 4 is 11.8 Å². The smallest absolute Gasteiger partial charge is 0.339 e. The van der Waals surface area contributed by atoms with Gasteiger partial charge in [0, 0.05) is 25.2 Å². The summed E-state index contributed by atoms with van der Waals surface area (Å²) in [5, 5.41) is 20.3. The van der Waals surface area contributed by atoms with Crippen LogP contribution < -0.4 is 4.90 Å². The molecule has 0 spiro atoms. The first-order valence-corrected chi connectivity index (χ1v) is 8.40. The fourth-order valence-corrected chi connectivity index (χ4v) is 3.39. The van der Waals surface area contributed by atoms with Crippen molar-refractivity contribution in [3.05, 3.63) is 47.8 Å². The molecule has 0 bridgehead atoms. The van der Waals surface area contributed by atoms with Gasteiger partial charge in [0.1, 0.15) is 17.2 Å². The van der Waals surface area contributed by atoms with E-state index in [0.717, 1.165) is 0 Å². The predicted molar refractivity (Wildman–Crippen MR) is 96.9 cm³/mol. The fraction of sp³-hybridized carbons (Fsp3) is 0.368. The molecule has 0 saturated carbocycles. The molecule has 2 heterocycles. The number of aliphatic hydroxyl groups is 1. The first-order valence-electron chi connectivity index (χ1n) is 8.40. The van der Waals surface area contributed by atoms with E-state index in [1.54, 1.807) is 23.1 Å². The molecular formula is C19H22FN3O3. The monoisotopic (exact) mass is 359 g/mol. The van der Waals surface area contributed by atoms with Crippen LogP contribution in [-0.2, 0) is 0 Å². The third-order valence-corrected chi connectivity index (χ3v) is 4.49. The number of benzene rings is 1. The van der Waals surface area contributed by atoms with Gasteiger partial charge < -0.3 is 20.0 Å². The zero-order valence-corrected chi connectivity index (χ0v) is 14.8. The Morgan fingerprint density at radius 3 is 2.58 bits per heavy atom. The van der Waals surface area contributed by atoms with Crippen molar-refractivity contribution in [1.82, 2.24) is 9.88 Å². The van der Waals surface area contributed by atoms with E-state index in [-0.39, 0.29) is 11.4 Å². The fourth-order valence-electron chi connectivity index (χ4n) is 3.39. The molecule has 0 amide bonds. The van der Waals surface area contributed by atoms with Gasteiger partial charge in [-0.05, 0) is 56.9 Å². The molecule has 0 radical (unpaired) electrons. The molecule has 1 atom stereocenters. The lowest BCUT2D eigenvalue weighted by atomic mass is 10.0. The van der Waals surface area contributed by atoms with Gasteiger partial charge in [0.15, 0.2) is 0 Å². The van der Waals surface area contributed by atoms with Gasteiger partial charge >= 0.3 is 5.97 Å². The number of rotatable bonds is 5. The molecule has 1 aliphatic heterocycles. The molecule has 6 nitrogen and oxygen atoms in total. The Kier molecular flexibility index (Phi) is 4.93. The number of anilines is 1. The number of aromatic carboxylic acids is 1. The van der Waals surface area contributed by atoms with E-state index in [1.165, 1.54) is 18.2 Å². The molecule has 2 aromatic rings. The maximum Gasteiger partial charge on any atom is 0.339 e. The minimum atomic E-state index is -1.07. The summed E-state index contributed by atoms with van der Waals surface area (Å²) < 4.78 is 13.1. The second-order valence-corrected chi connectivity index (χ2v) is 7.01. The summed E-state index contributed by atoms with van der Waals surface area (Å²) in [6.07, 6.45) is 0.534. The average molecular weight is 359 g/mol. The van der Waals surface area contributed by atoms with Crippen LogP contribution in [0.4, 0.5) is 10.2 Å². The van der Waals surface area contributed by atoms with Crippen LogP contribution in [0.25, 0.3) is 11.3 Å². The van der Waals surface area contributed by atoms with Crippen molar-refractivity contribution in [2.24, 2.45) is 0 Å². The summed E-state index contributed by atoms with van der Waals surface area (Å²) >= 11 is 0. The number of halogens is 1. The van der Waals surface area contributed by atoms with E-state index in [2.05, 4.69) is 4.98 Å². The topological polar surface area (TPSA) is 76.9 Å². The standard InChI is InChI=1S/C19H22FN3O3/c1-22(2)11-19(26)9-10-23(12-19)17-15(18(24)25)7-8-16(21-17)13-3-5-14(20)6-4-13/h3-8,26H,9-12H2,1-2H3,(H,24,25)/t19-/m1/s1. The molecule has 1 aromatic carbocycles. The number of carbonyl (C=O) groups is 1. The zero-order chi connectivity index (χ0) is 18.9. The molecule has 1 aromatic heterocycles. The van der Waals surface area contributed by atoms with Gasteiger partial charge in [0.2, 0.25) is 0 Å². The number of pyridine rings is 1. The van der Waals surface area contributed by atoms with Gasteiger partial charge in [-0.15, -0.1) is 0 Å². The van der Waals surface area contributed by atoms with Gasteiger partial charge in [0.05, 0.1) is 11.3 Å². The minimum absolute atomic E-state index is 0.0879. The number of likely N-dealkylation sites (N-methyl/N-ethyl adjacent to an activating group) is 1. The van der Waals surface area contributed by atoms with Gasteiger partial charge in [-0.3, -0.25) is 0 Å². The lowest BCUT2D eigenvalue weighted by Crippen LogP contribution is -2.42. The first-order chi connectivity index (χ1) is 12.3. The van der Waals surface area contributed by atoms with E-state index >= 15 is 0 Å². The van der Waals surface area contributed by atoms with Crippen LogP contribution >= 0.6 is 0 Å². The van der Waals surface area contributed by atoms with Crippen molar-refractivity contribution in [3.8, 4) is 11.3 Å². The molecule has 138 valence electrons. The Balaban J connectivity index is 1.95. The zero-order valence-electron chi connectivity index (χ0n) is 14.8. The van der Waals surface area contributed by atoms with Crippen LogP contribution in [0, 0.1) is 5.82 Å². The van der Waals surface area contributed by atoms with Crippen molar-refractivity contribution in [1.29, 1.82) is 0 Å². The van der Waals surface area contributed by atoms with Crippen LogP contribution in [0.1, 0.15) is 16.8 Å². The van der Waals surface area contributed by atoms with Crippen molar-refractivity contribution in [2.75, 3.05) is 38.6 Å². The molecule has 1 fully saturated rings. The maximum atomic E-state index is 13.1. The van der Waals surface area contributed by atoms with Gasteiger partial charge in [-0.25, -0.2) is 14.2 Å². The van der Waals surface area contributed by atoms with E-state index in [9.17, 15) is 19.4 Å². The van der Waals surface area contributed by atoms with Crippen LogP contribution in [0.15, 0.2) is 36.4 Å². The molecule has 0 unspecified atom stereocenters. The second-order valence-electron chi connectivity index (χ2n) is 7.01. The third kappa shape index (κ3) is 3.84. The van der Waals surface area contributed by atoms with E-state index in [4.69, 9.17) is 0 Å². The lowest BCUT2D eigenvalue weighted by molar-refractivity contribution is 0.0365. The quantitative estimate of drug-likeness (QED) is 0.851. The van der Waals surface area contributed by atoms with E-state index in [1.807, 2.05) is 19.0 Å². The van der Waals surface area contributed by atoms with Crippen LogP contribution in [0.5, 0.6) is 0 Å². The maximum absolute atomic E-state index is 13.1.